The number of aryl methyl sites for hydroxylation is 1. The number of aliphatic carboxylic acids is 1. The molecule has 0 unspecified atom stereocenters. The van der Waals surface area contributed by atoms with Crippen LogP contribution in [0.2, 0.25) is 0 Å². The molecule has 0 radical (unpaired) electrons. The summed E-state index contributed by atoms with van der Waals surface area (Å²) in [6, 6.07) is 12.1. The summed E-state index contributed by atoms with van der Waals surface area (Å²) in [7, 11) is 0. The van der Waals surface area contributed by atoms with Gasteiger partial charge < -0.3 is 9.84 Å². The molecule has 0 aliphatic carbocycles. The lowest BCUT2D eigenvalue weighted by Gasteiger charge is -2.09. The lowest BCUT2D eigenvalue weighted by Crippen LogP contribution is -2.00. The number of para-hydroxylation sites is 1. The van der Waals surface area contributed by atoms with Crippen LogP contribution in [0.15, 0.2) is 48.5 Å². The Hall–Kier alpha value is -2.62. The number of ether oxygens (including phenoxy) is 1. The predicted octanol–water partition coefficient (Wildman–Crippen LogP) is 3.81. The van der Waals surface area contributed by atoms with Crippen LogP contribution in [0.1, 0.15) is 16.7 Å². The molecule has 0 aliphatic rings. The first kappa shape index (κ1) is 14.8. The van der Waals surface area contributed by atoms with Crippen molar-refractivity contribution >= 4 is 12.0 Å². The van der Waals surface area contributed by atoms with Gasteiger partial charge in [0, 0.05) is 11.6 Å². The highest BCUT2D eigenvalue weighted by molar-refractivity contribution is 5.85. The summed E-state index contributed by atoms with van der Waals surface area (Å²) in [4.78, 5) is 10.4. The molecule has 21 heavy (non-hydrogen) atoms. The molecule has 0 aromatic heterocycles. The summed E-state index contributed by atoms with van der Waals surface area (Å²) in [6.45, 7) is 2.05. The summed E-state index contributed by atoms with van der Waals surface area (Å²) in [5.41, 5.74) is 1.90. The Kier molecular flexibility index (Phi) is 4.72. The van der Waals surface area contributed by atoms with Crippen LogP contribution < -0.4 is 4.74 Å². The number of halogens is 1. The zero-order valence-corrected chi connectivity index (χ0v) is 11.5. The molecule has 1 N–H and O–H groups in total. The minimum atomic E-state index is -1.07. The second-order valence-corrected chi connectivity index (χ2v) is 4.58. The van der Waals surface area contributed by atoms with Crippen LogP contribution in [-0.2, 0) is 11.4 Å². The van der Waals surface area contributed by atoms with Crippen LogP contribution in [-0.4, -0.2) is 11.1 Å². The number of carboxylic acid groups (broad SMARTS) is 1. The molecule has 0 saturated heterocycles. The number of hydrogen-bond acceptors (Lipinski definition) is 2. The van der Waals surface area contributed by atoms with Gasteiger partial charge in [-0.25, -0.2) is 9.18 Å². The zero-order valence-electron chi connectivity index (χ0n) is 11.5. The maximum absolute atomic E-state index is 13.9. The van der Waals surface area contributed by atoms with E-state index in [4.69, 9.17) is 9.84 Å². The van der Waals surface area contributed by atoms with Crippen LogP contribution in [0, 0.1) is 12.7 Å². The van der Waals surface area contributed by atoms with E-state index in [1.165, 1.54) is 12.1 Å². The van der Waals surface area contributed by atoms with Gasteiger partial charge in [-0.2, -0.15) is 0 Å². The van der Waals surface area contributed by atoms with Gasteiger partial charge in [0.1, 0.15) is 18.2 Å². The van der Waals surface area contributed by atoms with Crippen molar-refractivity contribution in [1.29, 1.82) is 0 Å². The molecule has 0 atom stereocenters. The molecule has 0 saturated carbocycles. The third kappa shape index (κ3) is 4.18. The second kappa shape index (κ2) is 6.70. The lowest BCUT2D eigenvalue weighted by molar-refractivity contribution is -0.131. The SMILES string of the molecule is Cc1ccccc1OCc1ccc(C=CC(=O)O)cc1F. The van der Waals surface area contributed by atoms with Crippen molar-refractivity contribution in [2.45, 2.75) is 13.5 Å². The monoisotopic (exact) mass is 286 g/mol. The van der Waals surface area contributed by atoms with Crippen LogP contribution in [0.3, 0.4) is 0 Å². The van der Waals surface area contributed by atoms with Crippen molar-refractivity contribution in [1.82, 2.24) is 0 Å². The van der Waals surface area contributed by atoms with Gasteiger partial charge in [0.25, 0.3) is 0 Å². The van der Waals surface area contributed by atoms with Gasteiger partial charge in [0.15, 0.2) is 0 Å². The molecular formula is C17H15FO3. The summed E-state index contributed by atoms with van der Waals surface area (Å²) in [5, 5.41) is 8.53. The number of benzene rings is 2. The Morgan fingerprint density at radius 1 is 1.29 bits per heavy atom. The van der Waals surface area contributed by atoms with Crippen LogP contribution >= 0.6 is 0 Å². The quantitative estimate of drug-likeness (QED) is 0.850. The van der Waals surface area contributed by atoms with Crippen molar-refractivity contribution in [2.24, 2.45) is 0 Å². The van der Waals surface area contributed by atoms with Crippen molar-refractivity contribution in [2.75, 3.05) is 0 Å². The Labute approximate surface area is 122 Å². The van der Waals surface area contributed by atoms with E-state index in [1.807, 2.05) is 31.2 Å². The number of carbonyl (C=O) groups is 1. The van der Waals surface area contributed by atoms with Gasteiger partial charge in [0.05, 0.1) is 0 Å². The molecule has 2 aromatic carbocycles. The van der Waals surface area contributed by atoms with E-state index < -0.39 is 11.8 Å². The minimum Gasteiger partial charge on any atom is -0.489 e. The first-order chi connectivity index (χ1) is 10.1. The topological polar surface area (TPSA) is 46.5 Å². The molecule has 0 amide bonds. The molecular weight excluding hydrogens is 271 g/mol. The lowest BCUT2D eigenvalue weighted by atomic mass is 10.1. The van der Waals surface area contributed by atoms with E-state index in [0.29, 0.717) is 16.9 Å². The van der Waals surface area contributed by atoms with E-state index >= 15 is 0 Å². The number of carboxylic acids is 1. The van der Waals surface area contributed by atoms with Gasteiger partial charge in [-0.1, -0.05) is 30.3 Å². The Balaban J connectivity index is 2.08. The maximum atomic E-state index is 13.9. The third-order valence-electron chi connectivity index (χ3n) is 2.97. The summed E-state index contributed by atoms with van der Waals surface area (Å²) < 4.78 is 19.5. The fourth-order valence-corrected chi connectivity index (χ4v) is 1.83. The van der Waals surface area contributed by atoms with Crippen LogP contribution in [0.4, 0.5) is 4.39 Å². The predicted molar refractivity (Wildman–Crippen MR) is 78.6 cm³/mol. The smallest absolute Gasteiger partial charge is 0.328 e. The molecule has 0 heterocycles. The van der Waals surface area contributed by atoms with Gasteiger partial charge in [-0.15, -0.1) is 0 Å². The van der Waals surface area contributed by atoms with E-state index in [2.05, 4.69) is 0 Å². The van der Waals surface area contributed by atoms with E-state index in [9.17, 15) is 9.18 Å². The second-order valence-electron chi connectivity index (χ2n) is 4.58. The fraction of sp³-hybridized carbons (Fsp3) is 0.118. The summed E-state index contributed by atoms with van der Waals surface area (Å²) in [6.07, 6.45) is 2.32. The fourth-order valence-electron chi connectivity index (χ4n) is 1.83. The minimum absolute atomic E-state index is 0.125. The van der Waals surface area contributed by atoms with Crippen molar-refractivity contribution in [3.8, 4) is 5.75 Å². The van der Waals surface area contributed by atoms with Gasteiger partial charge in [0.2, 0.25) is 0 Å². The van der Waals surface area contributed by atoms with E-state index in [0.717, 1.165) is 11.6 Å². The molecule has 0 aliphatic heterocycles. The first-order valence-electron chi connectivity index (χ1n) is 6.44. The summed E-state index contributed by atoms with van der Waals surface area (Å²) >= 11 is 0. The van der Waals surface area contributed by atoms with Crippen molar-refractivity contribution in [3.05, 3.63) is 71.0 Å². The maximum Gasteiger partial charge on any atom is 0.328 e. The van der Waals surface area contributed by atoms with Gasteiger partial charge >= 0.3 is 5.97 Å². The molecule has 0 spiro atoms. The highest BCUT2D eigenvalue weighted by Gasteiger charge is 2.05. The zero-order chi connectivity index (χ0) is 15.2. The molecule has 0 bridgehead atoms. The molecule has 108 valence electrons. The Morgan fingerprint density at radius 2 is 2.05 bits per heavy atom. The molecule has 2 rings (SSSR count). The average Bonchev–Trinajstić information content (AvgIpc) is 2.45. The molecule has 4 heteroatoms. The normalized spacial score (nSPS) is 10.8. The molecule has 0 fully saturated rings. The highest BCUT2D eigenvalue weighted by atomic mass is 19.1. The van der Waals surface area contributed by atoms with E-state index in [-0.39, 0.29) is 6.61 Å². The largest absolute Gasteiger partial charge is 0.489 e. The highest BCUT2D eigenvalue weighted by Crippen LogP contribution is 2.19. The molecule has 2 aromatic rings. The van der Waals surface area contributed by atoms with Crippen molar-refractivity contribution in [3.63, 3.8) is 0 Å². The number of rotatable bonds is 5. The van der Waals surface area contributed by atoms with Gasteiger partial charge in [-0.3, -0.25) is 0 Å². The van der Waals surface area contributed by atoms with E-state index in [1.54, 1.807) is 12.1 Å². The van der Waals surface area contributed by atoms with Gasteiger partial charge in [-0.05, 0) is 36.3 Å². The first-order valence-corrected chi connectivity index (χ1v) is 6.44. The average molecular weight is 286 g/mol. The Bertz CT molecular complexity index is 677. The summed E-state index contributed by atoms with van der Waals surface area (Å²) in [5.74, 6) is -0.773. The van der Waals surface area contributed by atoms with Crippen molar-refractivity contribution < 1.29 is 19.0 Å². The van der Waals surface area contributed by atoms with Crippen LogP contribution in [0.25, 0.3) is 6.08 Å². The van der Waals surface area contributed by atoms with Crippen LogP contribution in [0.5, 0.6) is 5.75 Å². The third-order valence-corrected chi connectivity index (χ3v) is 2.97. The number of hydrogen-bond donors (Lipinski definition) is 1. The standard InChI is InChI=1S/C17H15FO3/c1-12-4-2-3-5-16(12)21-11-14-8-6-13(10-15(14)18)7-9-17(19)20/h2-10H,11H2,1H3,(H,19,20). The Morgan fingerprint density at radius 3 is 2.71 bits per heavy atom. The molecule has 3 nitrogen and oxygen atoms in total.